The Balaban J connectivity index is 1.82. The molecule has 0 spiro atoms. The second kappa shape index (κ2) is 5.22. The maximum absolute atomic E-state index is 5.72. The molecule has 94 valence electrons. The first-order valence-corrected chi connectivity index (χ1v) is 6.76. The van der Waals surface area contributed by atoms with Crippen molar-refractivity contribution in [3.8, 4) is 5.69 Å². The van der Waals surface area contributed by atoms with Crippen molar-refractivity contribution in [2.45, 2.75) is 6.10 Å². The van der Waals surface area contributed by atoms with E-state index in [9.17, 15) is 0 Å². The monoisotopic (exact) mass is 307 g/mol. The Labute approximate surface area is 114 Å². The summed E-state index contributed by atoms with van der Waals surface area (Å²) in [6.07, 6.45) is 1.93. The van der Waals surface area contributed by atoms with E-state index in [1.54, 1.807) is 6.20 Å². The molecule has 1 aliphatic rings. The minimum Gasteiger partial charge on any atom is -0.371 e. The molecule has 18 heavy (non-hydrogen) atoms. The number of morpholine rings is 1. The molecule has 0 aliphatic carbocycles. The van der Waals surface area contributed by atoms with E-state index in [4.69, 9.17) is 4.74 Å². The first kappa shape index (κ1) is 11.9. The Morgan fingerprint density at radius 1 is 1.28 bits per heavy atom. The van der Waals surface area contributed by atoms with E-state index in [0.717, 1.165) is 30.0 Å². The van der Waals surface area contributed by atoms with Crippen molar-refractivity contribution in [1.29, 1.82) is 0 Å². The van der Waals surface area contributed by atoms with Gasteiger partial charge in [-0.1, -0.05) is 12.1 Å². The van der Waals surface area contributed by atoms with Gasteiger partial charge in [0.15, 0.2) is 0 Å². The number of rotatable bonds is 2. The zero-order chi connectivity index (χ0) is 12.4. The smallest absolute Gasteiger partial charge is 0.109 e. The van der Waals surface area contributed by atoms with Crippen LogP contribution in [0.25, 0.3) is 5.69 Å². The van der Waals surface area contributed by atoms with E-state index in [-0.39, 0.29) is 6.10 Å². The Bertz CT molecular complexity index is 517. The van der Waals surface area contributed by atoms with E-state index in [1.165, 1.54) is 5.56 Å². The zero-order valence-electron chi connectivity index (χ0n) is 9.84. The van der Waals surface area contributed by atoms with Gasteiger partial charge in [0.25, 0.3) is 0 Å². The molecule has 1 aromatic heterocycles. The average Bonchev–Trinajstić information content (AvgIpc) is 2.86. The fourth-order valence-electron chi connectivity index (χ4n) is 2.09. The van der Waals surface area contributed by atoms with Crippen molar-refractivity contribution in [3.63, 3.8) is 0 Å². The van der Waals surface area contributed by atoms with Gasteiger partial charge in [0.1, 0.15) is 4.60 Å². The topological polar surface area (TPSA) is 39.1 Å². The average molecular weight is 308 g/mol. The molecule has 2 aromatic rings. The zero-order valence-corrected chi connectivity index (χ0v) is 11.4. The maximum Gasteiger partial charge on any atom is 0.109 e. The number of ether oxygens (including phenoxy) is 1. The summed E-state index contributed by atoms with van der Waals surface area (Å²) < 4.78 is 8.52. The van der Waals surface area contributed by atoms with Crippen LogP contribution in [0.1, 0.15) is 11.7 Å². The summed E-state index contributed by atoms with van der Waals surface area (Å²) in [5, 5.41) is 7.59. The summed E-state index contributed by atoms with van der Waals surface area (Å²) in [4.78, 5) is 0. The van der Waals surface area contributed by atoms with Crippen molar-refractivity contribution < 1.29 is 4.74 Å². The molecule has 0 amide bonds. The van der Waals surface area contributed by atoms with Crippen LogP contribution < -0.4 is 5.32 Å². The van der Waals surface area contributed by atoms with Gasteiger partial charge < -0.3 is 10.1 Å². The third-order valence-corrected chi connectivity index (χ3v) is 3.63. The van der Waals surface area contributed by atoms with E-state index < -0.39 is 0 Å². The van der Waals surface area contributed by atoms with E-state index in [0.29, 0.717) is 0 Å². The Morgan fingerprint density at radius 3 is 2.72 bits per heavy atom. The Kier molecular flexibility index (Phi) is 3.45. The van der Waals surface area contributed by atoms with Crippen molar-refractivity contribution in [1.82, 2.24) is 15.1 Å². The predicted octanol–water partition coefficient (Wildman–Crippen LogP) is 2.30. The molecule has 1 aromatic carbocycles. The highest BCUT2D eigenvalue weighted by molar-refractivity contribution is 9.10. The molecule has 1 aliphatic heterocycles. The van der Waals surface area contributed by atoms with Crippen LogP contribution in [0, 0.1) is 0 Å². The third kappa shape index (κ3) is 2.34. The molecule has 3 rings (SSSR count). The van der Waals surface area contributed by atoms with Crippen LogP contribution in [-0.2, 0) is 4.74 Å². The van der Waals surface area contributed by atoms with Crippen LogP contribution in [-0.4, -0.2) is 29.5 Å². The highest BCUT2D eigenvalue weighted by Crippen LogP contribution is 2.21. The summed E-state index contributed by atoms with van der Waals surface area (Å²) in [5.74, 6) is 0. The normalized spacial score (nSPS) is 19.9. The van der Waals surface area contributed by atoms with Gasteiger partial charge in [0.05, 0.1) is 24.6 Å². The summed E-state index contributed by atoms with van der Waals surface area (Å²) in [6.45, 7) is 2.59. The molecule has 1 N–H and O–H groups in total. The number of benzene rings is 1. The Morgan fingerprint density at radius 2 is 2.11 bits per heavy atom. The first-order valence-electron chi connectivity index (χ1n) is 5.97. The fourth-order valence-corrected chi connectivity index (χ4v) is 2.50. The van der Waals surface area contributed by atoms with Gasteiger partial charge in [-0.05, 0) is 39.7 Å². The largest absolute Gasteiger partial charge is 0.371 e. The van der Waals surface area contributed by atoms with Crippen molar-refractivity contribution in [2.75, 3.05) is 19.7 Å². The molecule has 1 atom stereocenters. The summed E-state index contributed by atoms with van der Waals surface area (Å²) in [7, 11) is 0. The van der Waals surface area contributed by atoms with Crippen LogP contribution in [0.15, 0.2) is 41.1 Å². The molecule has 5 heteroatoms. The lowest BCUT2D eigenvalue weighted by Gasteiger charge is -2.24. The number of nitrogens with zero attached hydrogens (tertiary/aromatic N) is 2. The molecular weight excluding hydrogens is 294 g/mol. The lowest BCUT2D eigenvalue weighted by Crippen LogP contribution is -2.33. The molecule has 2 heterocycles. The van der Waals surface area contributed by atoms with Crippen LogP contribution >= 0.6 is 15.9 Å². The lowest BCUT2D eigenvalue weighted by atomic mass is 10.1. The molecule has 4 nitrogen and oxygen atoms in total. The second-order valence-corrected chi connectivity index (χ2v) is 5.03. The van der Waals surface area contributed by atoms with Gasteiger partial charge >= 0.3 is 0 Å². The van der Waals surface area contributed by atoms with Crippen LogP contribution in [0.5, 0.6) is 0 Å². The van der Waals surface area contributed by atoms with Gasteiger partial charge in [-0.25, -0.2) is 4.68 Å². The minimum atomic E-state index is 0.161. The quantitative estimate of drug-likeness (QED) is 0.925. The minimum absolute atomic E-state index is 0.161. The fraction of sp³-hybridized carbons (Fsp3) is 0.308. The van der Waals surface area contributed by atoms with Crippen molar-refractivity contribution in [2.24, 2.45) is 0 Å². The van der Waals surface area contributed by atoms with E-state index >= 15 is 0 Å². The van der Waals surface area contributed by atoms with Gasteiger partial charge in [0.2, 0.25) is 0 Å². The molecule has 1 saturated heterocycles. The molecule has 0 saturated carbocycles. The number of hydrogen-bond acceptors (Lipinski definition) is 3. The predicted molar refractivity (Wildman–Crippen MR) is 72.8 cm³/mol. The second-order valence-electron chi connectivity index (χ2n) is 4.22. The van der Waals surface area contributed by atoms with Crippen LogP contribution in [0.2, 0.25) is 0 Å². The third-order valence-electron chi connectivity index (χ3n) is 3.03. The standard InChI is InChI=1S/C13H14BrN3O/c14-13-5-6-16-17(13)11-3-1-10(2-4-11)12-9-15-7-8-18-12/h1-6,12,15H,7-9H2. The van der Waals surface area contributed by atoms with Crippen LogP contribution in [0.4, 0.5) is 0 Å². The van der Waals surface area contributed by atoms with Crippen molar-refractivity contribution >= 4 is 15.9 Å². The van der Waals surface area contributed by atoms with Crippen LogP contribution in [0.3, 0.4) is 0 Å². The number of nitrogens with one attached hydrogen (secondary N) is 1. The lowest BCUT2D eigenvalue weighted by molar-refractivity contribution is 0.0277. The van der Waals surface area contributed by atoms with Gasteiger partial charge in [0, 0.05) is 13.1 Å². The summed E-state index contributed by atoms with van der Waals surface area (Å²) >= 11 is 3.46. The number of hydrogen-bond donors (Lipinski definition) is 1. The van der Waals surface area contributed by atoms with Gasteiger partial charge in [-0.2, -0.15) is 5.10 Å². The number of halogens is 1. The molecule has 1 fully saturated rings. The van der Waals surface area contributed by atoms with E-state index in [2.05, 4.69) is 50.6 Å². The van der Waals surface area contributed by atoms with E-state index in [1.807, 2.05) is 10.7 Å². The Hall–Kier alpha value is -1.17. The van der Waals surface area contributed by atoms with Crippen molar-refractivity contribution in [3.05, 3.63) is 46.7 Å². The summed E-state index contributed by atoms with van der Waals surface area (Å²) in [6, 6.07) is 10.2. The highest BCUT2D eigenvalue weighted by Gasteiger charge is 2.15. The summed E-state index contributed by atoms with van der Waals surface area (Å²) in [5.41, 5.74) is 2.24. The highest BCUT2D eigenvalue weighted by atomic mass is 79.9. The maximum atomic E-state index is 5.72. The van der Waals surface area contributed by atoms with Gasteiger partial charge in [-0.15, -0.1) is 0 Å². The molecule has 0 radical (unpaired) electrons. The SMILES string of the molecule is Brc1ccnn1-c1ccc(C2CNCCO2)cc1. The molecule has 1 unspecified atom stereocenters. The first-order chi connectivity index (χ1) is 8.84. The molecule has 0 bridgehead atoms. The molecular formula is C13H14BrN3O. The van der Waals surface area contributed by atoms with Gasteiger partial charge in [-0.3, -0.25) is 0 Å². The number of aromatic nitrogens is 2.